The SMILES string of the molecule is CCCCCCC(CC)S/C(=C\C(C)C)C(=O)NCC(F)(F)F. The number of allylic oxidation sites excluding steroid dienone is 1. The minimum atomic E-state index is -4.38. The molecule has 0 aromatic rings. The van der Waals surface area contributed by atoms with Gasteiger partial charge in [0.1, 0.15) is 6.54 Å². The van der Waals surface area contributed by atoms with E-state index >= 15 is 0 Å². The smallest absolute Gasteiger partial charge is 0.342 e. The lowest BCUT2D eigenvalue weighted by atomic mass is 10.1. The van der Waals surface area contributed by atoms with Crippen LogP contribution in [0.2, 0.25) is 0 Å². The maximum atomic E-state index is 12.3. The van der Waals surface area contributed by atoms with E-state index < -0.39 is 18.6 Å². The van der Waals surface area contributed by atoms with Crippen molar-refractivity contribution in [3.8, 4) is 0 Å². The van der Waals surface area contributed by atoms with Crippen molar-refractivity contribution < 1.29 is 18.0 Å². The second-order valence-corrected chi connectivity index (χ2v) is 7.41. The second kappa shape index (κ2) is 11.8. The number of unbranched alkanes of at least 4 members (excludes halogenated alkanes) is 3. The minimum absolute atomic E-state index is 0.117. The highest BCUT2D eigenvalue weighted by molar-refractivity contribution is 8.04. The highest BCUT2D eigenvalue weighted by Gasteiger charge is 2.28. The van der Waals surface area contributed by atoms with E-state index in [0.717, 1.165) is 25.7 Å². The van der Waals surface area contributed by atoms with Gasteiger partial charge in [0, 0.05) is 5.25 Å². The fraction of sp³-hybridized carbons (Fsp3) is 0.824. The Morgan fingerprint density at radius 1 is 1.17 bits per heavy atom. The molecule has 0 aromatic heterocycles. The molecule has 1 N–H and O–H groups in total. The van der Waals surface area contributed by atoms with E-state index in [1.165, 1.54) is 24.6 Å². The Hall–Kier alpha value is -0.650. The third kappa shape index (κ3) is 12.4. The van der Waals surface area contributed by atoms with Crippen molar-refractivity contribution in [1.29, 1.82) is 0 Å². The number of thioether (sulfide) groups is 1. The van der Waals surface area contributed by atoms with Crippen LogP contribution in [-0.4, -0.2) is 23.9 Å². The maximum absolute atomic E-state index is 12.3. The fourth-order valence-electron chi connectivity index (χ4n) is 2.06. The summed E-state index contributed by atoms with van der Waals surface area (Å²) >= 11 is 1.42. The van der Waals surface area contributed by atoms with E-state index in [4.69, 9.17) is 0 Å². The molecule has 0 aliphatic rings. The van der Waals surface area contributed by atoms with Gasteiger partial charge < -0.3 is 5.32 Å². The van der Waals surface area contributed by atoms with Crippen LogP contribution >= 0.6 is 11.8 Å². The van der Waals surface area contributed by atoms with Crippen molar-refractivity contribution in [2.75, 3.05) is 6.54 Å². The van der Waals surface area contributed by atoms with Crippen LogP contribution in [0.15, 0.2) is 11.0 Å². The number of nitrogens with one attached hydrogen (secondary N) is 1. The van der Waals surface area contributed by atoms with Crippen molar-refractivity contribution in [1.82, 2.24) is 5.32 Å². The molecule has 0 aromatic carbocycles. The molecule has 136 valence electrons. The molecule has 0 radical (unpaired) electrons. The Kier molecular flexibility index (Phi) is 11.5. The van der Waals surface area contributed by atoms with Crippen LogP contribution in [-0.2, 0) is 4.79 Å². The lowest BCUT2D eigenvalue weighted by molar-refractivity contribution is -0.135. The summed E-state index contributed by atoms with van der Waals surface area (Å²) in [4.78, 5) is 12.5. The van der Waals surface area contributed by atoms with Gasteiger partial charge in [0.15, 0.2) is 0 Å². The maximum Gasteiger partial charge on any atom is 0.405 e. The van der Waals surface area contributed by atoms with Gasteiger partial charge in [0.25, 0.3) is 5.91 Å². The lowest BCUT2D eigenvalue weighted by Gasteiger charge is -2.18. The number of alkyl halides is 3. The summed E-state index contributed by atoms with van der Waals surface area (Å²) < 4.78 is 36.8. The standard InChI is InChI=1S/C17H30F3NOS/c1-5-7-8-9-10-14(6-2)23-15(11-13(3)4)16(22)21-12-17(18,19)20/h11,13-14H,5-10,12H2,1-4H3,(H,21,22)/b15-11-. The van der Waals surface area contributed by atoms with Crippen molar-refractivity contribution in [2.24, 2.45) is 5.92 Å². The molecule has 0 heterocycles. The molecule has 0 aliphatic heterocycles. The first-order valence-corrected chi connectivity index (χ1v) is 9.31. The number of carbonyl (C=O) groups is 1. The molecule has 0 saturated heterocycles. The first kappa shape index (κ1) is 22.4. The number of halogens is 3. The van der Waals surface area contributed by atoms with Crippen LogP contribution in [0, 0.1) is 5.92 Å². The molecule has 1 unspecified atom stereocenters. The topological polar surface area (TPSA) is 29.1 Å². The molecule has 1 atom stereocenters. The van der Waals surface area contributed by atoms with Gasteiger partial charge >= 0.3 is 6.18 Å². The van der Waals surface area contributed by atoms with E-state index in [0.29, 0.717) is 4.91 Å². The predicted octanol–water partition coefficient (Wildman–Crippen LogP) is 5.69. The van der Waals surface area contributed by atoms with Crippen molar-refractivity contribution >= 4 is 17.7 Å². The highest BCUT2D eigenvalue weighted by Crippen LogP contribution is 2.29. The molecular formula is C17H30F3NOS. The van der Waals surface area contributed by atoms with E-state index in [9.17, 15) is 18.0 Å². The molecule has 23 heavy (non-hydrogen) atoms. The Balaban J connectivity index is 4.66. The average Bonchev–Trinajstić information content (AvgIpc) is 2.45. The van der Waals surface area contributed by atoms with Crippen molar-refractivity contribution in [2.45, 2.75) is 77.6 Å². The molecular weight excluding hydrogens is 323 g/mol. The molecule has 0 spiro atoms. The number of rotatable bonds is 11. The first-order chi connectivity index (χ1) is 10.7. The summed E-state index contributed by atoms with van der Waals surface area (Å²) in [7, 11) is 0. The molecule has 0 rings (SSSR count). The summed E-state index contributed by atoms with van der Waals surface area (Å²) in [5.41, 5.74) is 0. The van der Waals surface area contributed by atoms with Gasteiger partial charge in [0.05, 0.1) is 4.91 Å². The molecule has 1 amide bonds. The largest absolute Gasteiger partial charge is 0.405 e. The summed E-state index contributed by atoms with van der Waals surface area (Å²) in [6.45, 7) is 6.76. The van der Waals surface area contributed by atoms with Gasteiger partial charge in [-0.2, -0.15) is 13.2 Å². The van der Waals surface area contributed by atoms with Crippen LogP contribution in [0.1, 0.15) is 66.2 Å². The minimum Gasteiger partial charge on any atom is -0.342 e. The van der Waals surface area contributed by atoms with Crippen LogP contribution in [0.5, 0.6) is 0 Å². The average molecular weight is 353 g/mol. The van der Waals surface area contributed by atoms with Crippen molar-refractivity contribution in [3.63, 3.8) is 0 Å². The zero-order chi connectivity index (χ0) is 17.9. The predicted molar refractivity (Wildman–Crippen MR) is 92.4 cm³/mol. The quantitative estimate of drug-likeness (QED) is 0.382. The monoisotopic (exact) mass is 353 g/mol. The number of hydrogen-bond donors (Lipinski definition) is 1. The van der Waals surface area contributed by atoms with Crippen LogP contribution in [0.25, 0.3) is 0 Å². The van der Waals surface area contributed by atoms with Crippen LogP contribution in [0.4, 0.5) is 13.2 Å². The van der Waals surface area contributed by atoms with E-state index in [-0.39, 0.29) is 11.2 Å². The molecule has 0 saturated carbocycles. The molecule has 0 fully saturated rings. The summed E-state index contributed by atoms with van der Waals surface area (Å²) in [5, 5.41) is 2.25. The second-order valence-electron chi connectivity index (χ2n) is 6.07. The lowest BCUT2D eigenvalue weighted by Crippen LogP contribution is -2.34. The molecule has 0 aliphatic carbocycles. The first-order valence-electron chi connectivity index (χ1n) is 8.43. The Morgan fingerprint density at radius 2 is 1.83 bits per heavy atom. The van der Waals surface area contributed by atoms with E-state index in [2.05, 4.69) is 13.8 Å². The highest BCUT2D eigenvalue weighted by atomic mass is 32.2. The van der Waals surface area contributed by atoms with Gasteiger partial charge in [0.2, 0.25) is 0 Å². The zero-order valence-electron chi connectivity index (χ0n) is 14.6. The zero-order valence-corrected chi connectivity index (χ0v) is 15.4. The molecule has 0 bridgehead atoms. The van der Waals surface area contributed by atoms with Gasteiger partial charge in [-0.3, -0.25) is 4.79 Å². The van der Waals surface area contributed by atoms with Gasteiger partial charge in [-0.1, -0.05) is 59.5 Å². The van der Waals surface area contributed by atoms with Crippen LogP contribution in [0.3, 0.4) is 0 Å². The van der Waals surface area contributed by atoms with Gasteiger partial charge in [-0.05, 0) is 18.8 Å². The van der Waals surface area contributed by atoms with Crippen LogP contribution < -0.4 is 5.32 Å². The molecule has 6 heteroatoms. The van der Waals surface area contributed by atoms with Gasteiger partial charge in [-0.25, -0.2) is 0 Å². The third-order valence-electron chi connectivity index (χ3n) is 3.29. The summed E-state index contributed by atoms with van der Waals surface area (Å²) in [5.74, 6) is -0.500. The summed E-state index contributed by atoms with van der Waals surface area (Å²) in [6, 6.07) is 0. The normalized spacial score (nSPS) is 14.2. The molecule has 2 nitrogen and oxygen atoms in total. The Labute approximate surface area is 142 Å². The number of hydrogen-bond acceptors (Lipinski definition) is 2. The van der Waals surface area contributed by atoms with Crippen molar-refractivity contribution in [3.05, 3.63) is 11.0 Å². The third-order valence-corrected chi connectivity index (χ3v) is 4.76. The number of amides is 1. The Morgan fingerprint density at radius 3 is 2.30 bits per heavy atom. The number of carbonyl (C=O) groups excluding carboxylic acids is 1. The summed E-state index contributed by atoms with van der Waals surface area (Å²) in [6.07, 6.45) is 3.89. The Bertz CT molecular complexity index is 367. The van der Waals surface area contributed by atoms with E-state index in [1.54, 1.807) is 6.08 Å². The van der Waals surface area contributed by atoms with Gasteiger partial charge in [-0.15, -0.1) is 11.8 Å². The fourth-order valence-corrected chi connectivity index (χ4v) is 3.40. The van der Waals surface area contributed by atoms with E-state index in [1.807, 2.05) is 19.2 Å².